The number of hydrogen-bond acceptors (Lipinski definition) is 3. The van der Waals surface area contributed by atoms with Gasteiger partial charge in [0.25, 0.3) is 0 Å². The fourth-order valence-corrected chi connectivity index (χ4v) is 3.05. The predicted molar refractivity (Wildman–Crippen MR) is 107 cm³/mol. The molecule has 0 N–H and O–H groups in total. The molecule has 0 saturated heterocycles. The molecule has 1 heterocycles. The summed E-state index contributed by atoms with van der Waals surface area (Å²) in [5.41, 5.74) is 3.85. The number of aromatic nitrogens is 2. The zero-order valence-electron chi connectivity index (χ0n) is 15.7. The Morgan fingerprint density at radius 2 is 1.82 bits per heavy atom. The van der Waals surface area contributed by atoms with E-state index in [0.29, 0.717) is 17.1 Å². The molecule has 0 atom stereocenters. The van der Waals surface area contributed by atoms with Gasteiger partial charge < -0.3 is 4.74 Å². The predicted octanol–water partition coefficient (Wildman–Crippen LogP) is 5.10. The number of rotatable bonds is 6. The van der Waals surface area contributed by atoms with Gasteiger partial charge >= 0.3 is 5.97 Å². The Bertz CT molecular complexity index is 1030. The summed E-state index contributed by atoms with van der Waals surface area (Å²) >= 11 is 6.23. The number of aryl methyl sites for hydroxylation is 1. The standard InChI is InChI=1S/C22H20ClFN2O2/c1-15-19(11-12-22(27)28-14-18-8-4-6-10-21(18)24)16(2)26(25-15)13-17-7-3-5-9-20(17)23/h3-12H,13-14H2,1-2H3/b12-11+. The SMILES string of the molecule is Cc1nn(Cc2ccccc2Cl)c(C)c1/C=C/C(=O)OCc1ccccc1F. The van der Waals surface area contributed by atoms with Crippen LogP contribution in [0.15, 0.2) is 54.6 Å². The van der Waals surface area contributed by atoms with Crippen molar-refractivity contribution in [3.05, 3.63) is 93.5 Å². The Kier molecular flexibility index (Phi) is 6.26. The van der Waals surface area contributed by atoms with Crippen molar-refractivity contribution in [1.82, 2.24) is 9.78 Å². The molecule has 0 saturated carbocycles. The number of carbonyl (C=O) groups excluding carboxylic acids is 1. The summed E-state index contributed by atoms with van der Waals surface area (Å²) in [5.74, 6) is -0.937. The molecule has 4 nitrogen and oxygen atoms in total. The van der Waals surface area contributed by atoms with E-state index in [1.54, 1.807) is 24.3 Å². The first-order valence-corrected chi connectivity index (χ1v) is 9.19. The Morgan fingerprint density at radius 3 is 2.54 bits per heavy atom. The fraction of sp³-hybridized carbons (Fsp3) is 0.182. The summed E-state index contributed by atoms with van der Waals surface area (Å²) in [6, 6.07) is 13.8. The van der Waals surface area contributed by atoms with Crippen molar-refractivity contribution in [2.45, 2.75) is 27.0 Å². The number of carbonyl (C=O) groups is 1. The van der Waals surface area contributed by atoms with Gasteiger partial charge in [-0.2, -0.15) is 5.10 Å². The van der Waals surface area contributed by atoms with Crippen molar-refractivity contribution in [3.8, 4) is 0 Å². The quantitative estimate of drug-likeness (QED) is 0.428. The normalized spacial score (nSPS) is 11.1. The Labute approximate surface area is 168 Å². The monoisotopic (exact) mass is 398 g/mol. The molecule has 28 heavy (non-hydrogen) atoms. The summed E-state index contributed by atoms with van der Waals surface area (Å²) in [6.45, 7) is 4.24. The highest BCUT2D eigenvalue weighted by Crippen LogP contribution is 2.20. The van der Waals surface area contributed by atoms with E-state index < -0.39 is 11.8 Å². The van der Waals surface area contributed by atoms with Crippen LogP contribution < -0.4 is 0 Å². The highest BCUT2D eigenvalue weighted by Gasteiger charge is 2.11. The molecule has 0 radical (unpaired) electrons. The van der Waals surface area contributed by atoms with Gasteiger partial charge in [0.15, 0.2) is 0 Å². The Hall–Kier alpha value is -2.92. The zero-order valence-corrected chi connectivity index (χ0v) is 16.4. The molecular formula is C22H20ClFN2O2. The van der Waals surface area contributed by atoms with Crippen LogP contribution in [0.2, 0.25) is 5.02 Å². The van der Waals surface area contributed by atoms with Crippen molar-refractivity contribution >= 4 is 23.6 Å². The van der Waals surface area contributed by atoms with Crippen LogP contribution in [0, 0.1) is 19.7 Å². The van der Waals surface area contributed by atoms with E-state index in [0.717, 1.165) is 22.5 Å². The van der Waals surface area contributed by atoms with E-state index in [-0.39, 0.29) is 6.61 Å². The fourth-order valence-electron chi connectivity index (χ4n) is 2.86. The molecule has 0 aliphatic rings. The van der Waals surface area contributed by atoms with Crippen LogP contribution in [-0.4, -0.2) is 15.7 Å². The Morgan fingerprint density at radius 1 is 1.14 bits per heavy atom. The van der Waals surface area contributed by atoms with Crippen molar-refractivity contribution in [2.24, 2.45) is 0 Å². The van der Waals surface area contributed by atoms with Gasteiger partial charge in [0.1, 0.15) is 12.4 Å². The smallest absolute Gasteiger partial charge is 0.331 e. The van der Waals surface area contributed by atoms with Crippen molar-refractivity contribution in [3.63, 3.8) is 0 Å². The number of nitrogens with zero attached hydrogens (tertiary/aromatic N) is 2. The number of esters is 1. The minimum Gasteiger partial charge on any atom is -0.458 e. The van der Waals surface area contributed by atoms with Gasteiger partial charge in [-0.1, -0.05) is 48.0 Å². The highest BCUT2D eigenvalue weighted by molar-refractivity contribution is 6.31. The molecule has 0 fully saturated rings. The number of halogens is 2. The second kappa shape index (κ2) is 8.85. The molecule has 0 amide bonds. The largest absolute Gasteiger partial charge is 0.458 e. The topological polar surface area (TPSA) is 44.1 Å². The lowest BCUT2D eigenvalue weighted by molar-refractivity contribution is -0.138. The van der Waals surface area contributed by atoms with E-state index in [1.165, 1.54) is 12.1 Å². The van der Waals surface area contributed by atoms with Crippen LogP contribution in [0.1, 0.15) is 28.1 Å². The van der Waals surface area contributed by atoms with Crippen LogP contribution in [-0.2, 0) is 22.7 Å². The van der Waals surface area contributed by atoms with Gasteiger partial charge in [-0.05, 0) is 37.6 Å². The maximum atomic E-state index is 13.6. The van der Waals surface area contributed by atoms with Crippen LogP contribution in [0.3, 0.4) is 0 Å². The van der Waals surface area contributed by atoms with Gasteiger partial charge in [-0.25, -0.2) is 9.18 Å². The van der Waals surface area contributed by atoms with Crippen LogP contribution >= 0.6 is 11.6 Å². The lowest BCUT2D eigenvalue weighted by Crippen LogP contribution is -2.04. The van der Waals surface area contributed by atoms with E-state index in [1.807, 2.05) is 42.8 Å². The molecule has 144 valence electrons. The second-order valence-corrected chi connectivity index (χ2v) is 6.77. The third-order valence-electron chi connectivity index (χ3n) is 4.43. The van der Waals surface area contributed by atoms with Crippen LogP contribution in [0.5, 0.6) is 0 Å². The molecule has 2 aromatic carbocycles. The molecule has 0 aliphatic heterocycles. The molecule has 0 spiro atoms. The summed E-state index contributed by atoms with van der Waals surface area (Å²) in [4.78, 5) is 12.0. The first kappa shape index (κ1) is 19.8. The first-order chi connectivity index (χ1) is 13.5. The lowest BCUT2D eigenvalue weighted by Gasteiger charge is -2.06. The minimum absolute atomic E-state index is 0.112. The van der Waals surface area contributed by atoms with E-state index in [9.17, 15) is 9.18 Å². The minimum atomic E-state index is -0.541. The average Bonchev–Trinajstić information content (AvgIpc) is 2.94. The van der Waals surface area contributed by atoms with E-state index in [2.05, 4.69) is 5.10 Å². The molecule has 0 aliphatic carbocycles. The highest BCUT2D eigenvalue weighted by atomic mass is 35.5. The van der Waals surface area contributed by atoms with Gasteiger partial charge in [-0.15, -0.1) is 0 Å². The first-order valence-electron chi connectivity index (χ1n) is 8.81. The Balaban J connectivity index is 1.68. The molecule has 3 rings (SSSR count). The third kappa shape index (κ3) is 4.67. The maximum absolute atomic E-state index is 13.6. The lowest BCUT2D eigenvalue weighted by atomic mass is 10.1. The van der Waals surface area contributed by atoms with Crippen molar-refractivity contribution < 1.29 is 13.9 Å². The zero-order chi connectivity index (χ0) is 20.1. The van der Waals surface area contributed by atoms with Gasteiger partial charge in [0.05, 0.1) is 12.2 Å². The van der Waals surface area contributed by atoms with Crippen LogP contribution in [0.4, 0.5) is 4.39 Å². The summed E-state index contributed by atoms with van der Waals surface area (Å²) < 4.78 is 20.5. The molecule has 0 unspecified atom stereocenters. The van der Waals surface area contributed by atoms with Gasteiger partial charge in [-0.3, -0.25) is 4.68 Å². The maximum Gasteiger partial charge on any atom is 0.331 e. The molecular weight excluding hydrogens is 379 g/mol. The van der Waals surface area contributed by atoms with E-state index >= 15 is 0 Å². The summed E-state index contributed by atoms with van der Waals surface area (Å²) in [6.07, 6.45) is 3.00. The number of ether oxygens (including phenoxy) is 1. The average molecular weight is 399 g/mol. The molecule has 6 heteroatoms. The third-order valence-corrected chi connectivity index (χ3v) is 4.80. The summed E-state index contributed by atoms with van der Waals surface area (Å²) in [5, 5.41) is 5.22. The number of hydrogen-bond donors (Lipinski definition) is 0. The molecule has 0 bridgehead atoms. The van der Waals surface area contributed by atoms with Gasteiger partial charge in [0, 0.05) is 27.9 Å². The second-order valence-electron chi connectivity index (χ2n) is 6.37. The summed E-state index contributed by atoms with van der Waals surface area (Å²) in [7, 11) is 0. The molecule has 3 aromatic rings. The van der Waals surface area contributed by atoms with Crippen molar-refractivity contribution in [2.75, 3.05) is 0 Å². The molecule has 1 aromatic heterocycles. The van der Waals surface area contributed by atoms with Crippen LogP contribution in [0.25, 0.3) is 6.08 Å². The van der Waals surface area contributed by atoms with Gasteiger partial charge in [0.2, 0.25) is 0 Å². The van der Waals surface area contributed by atoms with E-state index in [4.69, 9.17) is 16.3 Å². The number of benzene rings is 2. The van der Waals surface area contributed by atoms with Crippen molar-refractivity contribution in [1.29, 1.82) is 0 Å².